The van der Waals surface area contributed by atoms with Crippen LogP contribution < -0.4 is 41.7 Å². The molecule has 16 nitrogen and oxygen atoms in total. The summed E-state index contributed by atoms with van der Waals surface area (Å²) >= 11 is 6.13. The van der Waals surface area contributed by atoms with Crippen LogP contribution in [0.15, 0.2) is 0 Å². The predicted molar refractivity (Wildman–Crippen MR) is 182 cm³/mol. The first-order valence-corrected chi connectivity index (χ1v) is 19.8. The van der Waals surface area contributed by atoms with Crippen LogP contribution >= 0.6 is 47.0 Å². The largest absolute Gasteiger partial charge is 2.00 e. The molecule has 0 aromatic carbocycles. The first-order chi connectivity index (χ1) is 22.3. The van der Waals surface area contributed by atoms with Gasteiger partial charge in [-0.05, 0) is 73.7 Å². The molecule has 4 N–H and O–H groups in total. The van der Waals surface area contributed by atoms with Gasteiger partial charge in [0.15, 0.2) is 0 Å². The van der Waals surface area contributed by atoms with Gasteiger partial charge < -0.3 is 60.9 Å². The van der Waals surface area contributed by atoms with Crippen molar-refractivity contribution in [3.8, 4) is 0 Å². The number of carbonyl (C=O) groups is 8. The first kappa shape index (κ1) is 56.1. The Kier molecular flexibility index (Phi) is 42.3. The summed E-state index contributed by atoms with van der Waals surface area (Å²) < 4.78 is 0. The fourth-order valence-corrected chi connectivity index (χ4v) is 4.81. The fourth-order valence-electron chi connectivity index (χ4n) is 2.92. The zero-order valence-electron chi connectivity index (χ0n) is 28.8. The minimum absolute atomic E-state index is 0. The second-order valence-corrected chi connectivity index (χ2v) is 13.4. The molecule has 0 aliphatic rings. The maximum atomic E-state index is 10.5. The molecule has 0 saturated carbocycles. The average Bonchev–Trinajstić information content (AvgIpc) is 2.97. The van der Waals surface area contributed by atoms with Gasteiger partial charge in [-0.2, -0.15) is 47.0 Å². The standard InChI is InChI=1S/4C7H13NO3S.Cu/c4*1-5(9)8-6(7(10)11)3-4-12-2;/h4*6H,3-4H2,1-2H3,(H,8,9)(H,10,11);/q;;;;+2/p-4/t4*6-;/m0000./s1. The Balaban J connectivity index is -0.000000174. The summed E-state index contributed by atoms with van der Waals surface area (Å²) in [4.78, 5) is 83.7. The Labute approximate surface area is 315 Å². The fraction of sp³-hybridized carbons (Fsp3) is 0.714. The summed E-state index contributed by atoms with van der Waals surface area (Å²) in [7, 11) is 0. The van der Waals surface area contributed by atoms with Crippen LogP contribution in [0.4, 0.5) is 0 Å². The van der Waals surface area contributed by atoms with Crippen LogP contribution in [0.2, 0.25) is 0 Å². The van der Waals surface area contributed by atoms with Gasteiger partial charge in [0.05, 0.1) is 48.0 Å². The minimum atomic E-state index is -1.22. The second kappa shape index (κ2) is 36.9. The van der Waals surface area contributed by atoms with Gasteiger partial charge in [0, 0.05) is 27.7 Å². The maximum absolute atomic E-state index is 10.5. The monoisotopic (exact) mass is 823 g/mol. The molecule has 0 aromatic heterocycles. The molecule has 0 spiro atoms. The third kappa shape index (κ3) is 41.8. The summed E-state index contributed by atoms with van der Waals surface area (Å²) in [5.74, 6) is -3.49. The summed E-state index contributed by atoms with van der Waals surface area (Å²) in [6.45, 7) is 5.15. The molecule has 4 atom stereocenters. The molecule has 0 aromatic rings. The van der Waals surface area contributed by atoms with Crippen LogP contribution in [0.5, 0.6) is 0 Å². The van der Waals surface area contributed by atoms with E-state index in [0.717, 1.165) is 0 Å². The van der Waals surface area contributed by atoms with Crippen LogP contribution in [0, 0.1) is 0 Å². The summed E-state index contributed by atoms with van der Waals surface area (Å²) in [5.41, 5.74) is 0. The first-order valence-electron chi connectivity index (χ1n) is 14.2. The SMILES string of the molecule is CSCC[C@H](NC(C)=O)C(=O)[O-].CSCC[C@H](NC(C)=O)C(=O)[O-].CSCC[C@H](NC(C)=O)C(=O)[O-].CSCC[C@H](NC(C)=O)C(=O)[O-].[Cu+2]. The molecule has 0 rings (SSSR count). The smallest absolute Gasteiger partial charge is 0.548 e. The van der Waals surface area contributed by atoms with Crippen LogP contribution in [0.25, 0.3) is 0 Å². The van der Waals surface area contributed by atoms with Gasteiger partial charge in [0.2, 0.25) is 23.6 Å². The van der Waals surface area contributed by atoms with Crippen molar-refractivity contribution in [2.75, 3.05) is 48.0 Å². The molecule has 0 fully saturated rings. The summed E-state index contributed by atoms with van der Waals surface area (Å²) in [5, 5.41) is 50.8. The van der Waals surface area contributed by atoms with E-state index in [1.165, 1.54) is 74.7 Å². The van der Waals surface area contributed by atoms with E-state index in [1.807, 2.05) is 25.0 Å². The summed E-state index contributed by atoms with van der Waals surface area (Å²) in [6, 6.07) is -3.41. The average molecular weight is 825 g/mol. The zero-order chi connectivity index (χ0) is 38.2. The Hall–Kier alpha value is -2.32. The zero-order valence-corrected chi connectivity index (χ0v) is 33.0. The molecular weight excluding hydrogens is 776 g/mol. The molecule has 0 unspecified atom stereocenters. The number of hydrogen-bond donors (Lipinski definition) is 4. The van der Waals surface area contributed by atoms with Gasteiger partial charge in [-0.3, -0.25) is 19.2 Å². The topological polar surface area (TPSA) is 277 Å². The Morgan fingerprint density at radius 1 is 0.408 bits per heavy atom. The predicted octanol–water partition coefficient (Wildman–Crippen LogP) is -4.03. The van der Waals surface area contributed by atoms with Gasteiger partial charge in [0.1, 0.15) is 0 Å². The van der Waals surface area contributed by atoms with E-state index in [-0.39, 0.29) is 40.7 Å². The van der Waals surface area contributed by atoms with Crippen LogP contribution in [0.3, 0.4) is 0 Å². The van der Waals surface area contributed by atoms with Crippen molar-refractivity contribution < 1.29 is 75.9 Å². The molecule has 0 bridgehead atoms. The van der Waals surface area contributed by atoms with Gasteiger partial charge in [-0.25, -0.2) is 0 Å². The molecule has 4 amide bonds. The molecule has 0 aliphatic carbocycles. The molecule has 49 heavy (non-hydrogen) atoms. The number of amides is 4. The number of hydrogen-bond acceptors (Lipinski definition) is 16. The van der Waals surface area contributed by atoms with E-state index in [1.54, 1.807) is 0 Å². The third-order valence-corrected chi connectivity index (χ3v) is 7.67. The number of carbonyl (C=O) groups excluding carboxylic acids is 8. The second-order valence-electron chi connectivity index (χ2n) is 9.41. The van der Waals surface area contributed by atoms with Crippen molar-refractivity contribution in [3.05, 3.63) is 0 Å². The van der Waals surface area contributed by atoms with E-state index < -0.39 is 48.0 Å². The minimum Gasteiger partial charge on any atom is -0.548 e. The molecule has 1 radical (unpaired) electrons. The van der Waals surface area contributed by atoms with Gasteiger partial charge >= 0.3 is 17.1 Å². The van der Waals surface area contributed by atoms with Crippen molar-refractivity contribution in [3.63, 3.8) is 0 Å². The van der Waals surface area contributed by atoms with E-state index in [2.05, 4.69) is 21.3 Å². The number of carboxylic acids is 4. The summed E-state index contributed by atoms with van der Waals surface area (Å²) in [6.07, 6.45) is 9.12. The van der Waals surface area contributed by atoms with E-state index in [9.17, 15) is 58.8 Å². The molecule has 0 aliphatic heterocycles. The van der Waals surface area contributed by atoms with Crippen molar-refractivity contribution in [1.29, 1.82) is 0 Å². The van der Waals surface area contributed by atoms with E-state index in [0.29, 0.717) is 48.7 Å². The number of carboxylic acid groups (broad SMARTS) is 4. The Morgan fingerprint density at radius 2 is 0.551 bits per heavy atom. The maximum Gasteiger partial charge on any atom is 2.00 e. The Bertz CT molecular complexity index is 847. The number of nitrogens with one attached hydrogen (secondary N) is 4. The van der Waals surface area contributed by atoms with Gasteiger partial charge in [0.25, 0.3) is 0 Å². The molecular formula is C28H48CuN4O12S4-2. The van der Waals surface area contributed by atoms with Gasteiger partial charge in [-0.15, -0.1) is 0 Å². The van der Waals surface area contributed by atoms with Crippen molar-refractivity contribution in [2.24, 2.45) is 0 Å². The molecule has 21 heteroatoms. The number of aliphatic carboxylic acids is 4. The normalized spacial score (nSPS) is 11.9. The van der Waals surface area contributed by atoms with E-state index in [4.69, 9.17) is 0 Å². The van der Waals surface area contributed by atoms with Crippen molar-refractivity contribution in [1.82, 2.24) is 21.3 Å². The van der Waals surface area contributed by atoms with Gasteiger partial charge in [-0.1, -0.05) is 0 Å². The molecule has 289 valence electrons. The molecule has 0 heterocycles. The number of thioether (sulfide) groups is 4. The van der Waals surface area contributed by atoms with Crippen LogP contribution in [-0.4, -0.2) is 120 Å². The van der Waals surface area contributed by atoms with Crippen molar-refractivity contribution in [2.45, 2.75) is 77.5 Å². The molecule has 0 saturated heterocycles. The van der Waals surface area contributed by atoms with Crippen LogP contribution in [0.1, 0.15) is 53.4 Å². The quantitative estimate of drug-likeness (QED) is 0.0851. The van der Waals surface area contributed by atoms with Crippen LogP contribution in [-0.2, 0) is 55.4 Å². The Morgan fingerprint density at radius 3 is 0.633 bits per heavy atom. The van der Waals surface area contributed by atoms with Crippen molar-refractivity contribution >= 4 is 94.6 Å². The third-order valence-electron chi connectivity index (χ3n) is 5.09. The van der Waals surface area contributed by atoms with E-state index >= 15 is 0 Å². The number of rotatable bonds is 20.